The van der Waals surface area contributed by atoms with Crippen LogP contribution in [0.2, 0.25) is 0 Å². The summed E-state index contributed by atoms with van der Waals surface area (Å²) in [6.45, 7) is 3.27. The fraction of sp³-hybridized carbons (Fsp3) is 0.333. The van der Waals surface area contributed by atoms with E-state index in [2.05, 4.69) is 16.0 Å². The van der Waals surface area contributed by atoms with Crippen LogP contribution < -0.4 is 9.64 Å². The number of hydrogen-bond donors (Lipinski definition) is 1. The van der Waals surface area contributed by atoms with E-state index in [0.29, 0.717) is 13.2 Å². The van der Waals surface area contributed by atoms with Crippen molar-refractivity contribution in [3.8, 4) is 5.75 Å². The SMILES string of the molecule is CCCN(C(=O)OC)c1ccc2c(c1)C(=Cc1cnc[nH]1)CCO2. The van der Waals surface area contributed by atoms with Gasteiger partial charge in [-0.15, -0.1) is 0 Å². The first-order valence-corrected chi connectivity index (χ1v) is 8.04. The Labute approximate surface area is 141 Å². The van der Waals surface area contributed by atoms with Crippen molar-refractivity contribution >= 4 is 23.4 Å². The normalized spacial score (nSPS) is 14.8. The number of aromatic amines is 1. The quantitative estimate of drug-likeness (QED) is 0.929. The third-order valence-corrected chi connectivity index (χ3v) is 3.94. The van der Waals surface area contributed by atoms with Crippen LogP contribution in [0.5, 0.6) is 5.75 Å². The van der Waals surface area contributed by atoms with Crippen molar-refractivity contribution in [2.45, 2.75) is 19.8 Å². The molecule has 0 saturated heterocycles. The van der Waals surface area contributed by atoms with Gasteiger partial charge in [-0.25, -0.2) is 9.78 Å². The molecular weight excluding hydrogens is 306 g/mol. The number of methoxy groups -OCH3 is 1. The Kier molecular flexibility index (Phi) is 4.84. The van der Waals surface area contributed by atoms with Crippen LogP contribution >= 0.6 is 0 Å². The van der Waals surface area contributed by atoms with Gasteiger partial charge in [0.1, 0.15) is 5.75 Å². The summed E-state index contributed by atoms with van der Waals surface area (Å²) in [6, 6.07) is 5.80. The van der Waals surface area contributed by atoms with E-state index in [-0.39, 0.29) is 6.09 Å². The lowest BCUT2D eigenvalue weighted by Crippen LogP contribution is -2.31. The number of H-pyrrole nitrogens is 1. The number of fused-ring (bicyclic) bond motifs is 1. The topological polar surface area (TPSA) is 67.5 Å². The first-order valence-electron chi connectivity index (χ1n) is 8.04. The minimum Gasteiger partial charge on any atom is -0.493 e. The molecule has 0 unspecified atom stereocenters. The largest absolute Gasteiger partial charge is 0.493 e. The third kappa shape index (κ3) is 3.27. The van der Waals surface area contributed by atoms with E-state index in [4.69, 9.17) is 9.47 Å². The van der Waals surface area contributed by atoms with Crippen molar-refractivity contribution in [2.24, 2.45) is 0 Å². The maximum Gasteiger partial charge on any atom is 0.413 e. The third-order valence-electron chi connectivity index (χ3n) is 3.94. The van der Waals surface area contributed by atoms with Gasteiger partial charge in [0, 0.05) is 24.2 Å². The molecule has 1 aliphatic heterocycles. The molecule has 0 fully saturated rings. The molecular formula is C18H21N3O3. The van der Waals surface area contributed by atoms with Gasteiger partial charge < -0.3 is 14.5 Å². The number of hydrogen-bond acceptors (Lipinski definition) is 4. The highest BCUT2D eigenvalue weighted by Gasteiger charge is 2.20. The van der Waals surface area contributed by atoms with Crippen LogP contribution in [0.25, 0.3) is 11.6 Å². The fourth-order valence-electron chi connectivity index (χ4n) is 2.81. The van der Waals surface area contributed by atoms with Gasteiger partial charge in [-0.05, 0) is 36.3 Å². The van der Waals surface area contributed by atoms with Gasteiger partial charge >= 0.3 is 6.09 Å². The highest BCUT2D eigenvalue weighted by Crippen LogP contribution is 2.36. The second-order valence-electron chi connectivity index (χ2n) is 5.58. The molecule has 0 saturated carbocycles. The molecule has 6 heteroatoms. The number of benzene rings is 1. The Morgan fingerprint density at radius 3 is 3.08 bits per heavy atom. The van der Waals surface area contributed by atoms with E-state index in [1.165, 1.54) is 7.11 Å². The number of imidazole rings is 1. The average molecular weight is 327 g/mol. The maximum absolute atomic E-state index is 12.1. The summed E-state index contributed by atoms with van der Waals surface area (Å²) in [4.78, 5) is 20.8. The highest BCUT2D eigenvalue weighted by molar-refractivity contribution is 5.91. The Bertz CT molecular complexity index is 738. The van der Waals surface area contributed by atoms with Crippen molar-refractivity contribution in [1.29, 1.82) is 0 Å². The summed E-state index contributed by atoms with van der Waals surface area (Å²) in [5, 5.41) is 0. The summed E-state index contributed by atoms with van der Waals surface area (Å²) >= 11 is 0. The van der Waals surface area contributed by atoms with Crippen LogP contribution in [-0.2, 0) is 4.74 Å². The number of anilines is 1. The summed E-state index contributed by atoms with van der Waals surface area (Å²) in [5.74, 6) is 0.831. The van der Waals surface area contributed by atoms with Crippen LogP contribution in [0, 0.1) is 0 Å². The summed E-state index contributed by atoms with van der Waals surface area (Å²) in [6.07, 6.45) is 6.81. The van der Waals surface area contributed by atoms with Gasteiger partial charge in [0.25, 0.3) is 0 Å². The Morgan fingerprint density at radius 1 is 1.50 bits per heavy atom. The van der Waals surface area contributed by atoms with E-state index in [1.807, 2.05) is 25.1 Å². The first-order chi connectivity index (χ1) is 11.7. The number of aromatic nitrogens is 2. The van der Waals surface area contributed by atoms with Crippen LogP contribution in [0.3, 0.4) is 0 Å². The zero-order valence-electron chi connectivity index (χ0n) is 13.9. The van der Waals surface area contributed by atoms with E-state index in [9.17, 15) is 4.79 Å². The fourth-order valence-corrected chi connectivity index (χ4v) is 2.81. The monoisotopic (exact) mass is 327 g/mol. The molecule has 0 radical (unpaired) electrons. The second kappa shape index (κ2) is 7.21. The van der Waals surface area contributed by atoms with Crippen molar-refractivity contribution in [3.05, 3.63) is 42.0 Å². The van der Waals surface area contributed by atoms with Crippen LogP contribution in [0.1, 0.15) is 31.0 Å². The summed E-state index contributed by atoms with van der Waals surface area (Å²) in [5.41, 5.74) is 3.91. The number of amides is 1. The zero-order chi connectivity index (χ0) is 16.9. The smallest absolute Gasteiger partial charge is 0.413 e. The van der Waals surface area contributed by atoms with Crippen molar-refractivity contribution in [2.75, 3.05) is 25.2 Å². The number of ether oxygens (including phenoxy) is 2. The molecule has 0 spiro atoms. The van der Waals surface area contributed by atoms with E-state index < -0.39 is 0 Å². The van der Waals surface area contributed by atoms with Crippen molar-refractivity contribution in [1.82, 2.24) is 9.97 Å². The number of nitrogens with zero attached hydrogens (tertiary/aromatic N) is 2. The Morgan fingerprint density at radius 2 is 2.38 bits per heavy atom. The van der Waals surface area contributed by atoms with Crippen LogP contribution in [0.4, 0.5) is 10.5 Å². The van der Waals surface area contributed by atoms with Crippen LogP contribution in [0.15, 0.2) is 30.7 Å². The maximum atomic E-state index is 12.1. The number of rotatable bonds is 4. The lowest BCUT2D eigenvalue weighted by atomic mass is 9.98. The molecule has 0 aliphatic carbocycles. The summed E-state index contributed by atoms with van der Waals surface area (Å²) < 4.78 is 10.7. The molecule has 1 aliphatic rings. The molecule has 1 amide bonds. The Hall–Kier alpha value is -2.76. The number of carbonyl (C=O) groups is 1. The highest BCUT2D eigenvalue weighted by atomic mass is 16.5. The Balaban J connectivity index is 2.00. The van der Waals surface area contributed by atoms with Gasteiger partial charge in [0.05, 0.1) is 31.9 Å². The predicted octanol–water partition coefficient (Wildman–Crippen LogP) is 3.72. The number of carbonyl (C=O) groups excluding carboxylic acids is 1. The zero-order valence-corrected chi connectivity index (χ0v) is 13.9. The molecule has 2 aromatic rings. The molecule has 0 bridgehead atoms. The van der Waals surface area contributed by atoms with E-state index in [0.717, 1.165) is 41.1 Å². The van der Waals surface area contributed by atoms with E-state index >= 15 is 0 Å². The molecule has 1 aromatic carbocycles. The molecule has 1 N–H and O–H groups in total. The summed E-state index contributed by atoms with van der Waals surface area (Å²) in [7, 11) is 1.40. The lowest BCUT2D eigenvalue weighted by molar-refractivity contribution is 0.178. The van der Waals surface area contributed by atoms with Gasteiger partial charge in [-0.1, -0.05) is 6.92 Å². The molecule has 6 nitrogen and oxygen atoms in total. The molecule has 2 heterocycles. The molecule has 24 heavy (non-hydrogen) atoms. The van der Waals surface area contributed by atoms with Crippen molar-refractivity contribution < 1.29 is 14.3 Å². The lowest BCUT2D eigenvalue weighted by Gasteiger charge is -2.25. The molecule has 3 rings (SSSR count). The second-order valence-corrected chi connectivity index (χ2v) is 5.58. The molecule has 126 valence electrons. The van der Waals surface area contributed by atoms with E-state index in [1.54, 1.807) is 17.4 Å². The number of nitrogens with one attached hydrogen (secondary N) is 1. The van der Waals surface area contributed by atoms with Crippen LogP contribution in [-0.4, -0.2) is 36.3 Å². The minimum absolute atomic E-state index is 0.354. The van der Waals surface area contributed by atoms with Gasteiger partial charge in [0.2, 0.25) is 0 Å². The predicted molar refractivity (Wildman–Crippen MR) is 93.1 cm³/mol. The average Bonchev–Trinajstić information content (AvgIpc) is 3.12. The minimum atomic E-state index is -0.354. The standard InChI is InChI=1S/C18H21N3O3/c1-3-7-21(18(22)23-2)15-4-5-17-16(10-15)13(6-8-24-17)9-14-11-19-12-20-14/h4-5,9-12H,3,6-8H2,1-2H3,(H,19,20). The van der Waals surface area contributed by atoms with Gasteiger partial charge in [0.15, 0.2) is 0 Å². The molecule has 0 atom stereocenters. The van der Waals surface area contributed by atoms with Crippen molar-refractivity contribution in [3.63, 3.8) is 0 Å². The van der Waals surface area contributed by atoms with Gasteiger partial charge in [-0.2, -0.15) is 0 Å². The first kappa shape index (κ1) is 16.1. The molecule has 1 aromatic heterocycles. The van der Waals surface area contributed by atoms with Gasteiger partial charge in [-0.3, -0.25) is 4.90 Å².